The molecule has 0 atom stereocenters. The third kappa shape index (κ3) is 5.56. The van der Waals surface area contributed by atoms with Crippen molar-refractivity contribution < 1.29 is 22.7 Å². The van der Waals surface area contributed by atoms with Gasteiger partial charge in [0.25, 0.3) is 0 Å². The van der Waals surface area contributed by atoms with E-state index in [1.807, 2.05) is 20.8 Å². The highest BCUT2D eigenvalue weighted by atomic mass is 19.4. The van der Waals surface area contributed by atoms with Gasteiger partial charge in [-0.05, 0) is 0 Å². The number of hydrogen-bond donors (Lipinski definition) is 1. The van der Waals surface area contributed by atoms with Gasteiger partial charge in [0.1, 0.15) is 0 Å². The molecular formula is C11H18F3N3O2. The van der Waals surface area contributed by atoms with Crippen LogP contribution < -0.4 is 0 Å². The molecule has 0 aliphatic carbocycles. The third-order valence-electron chi connectivity index (χ3n) is 2.29. The predicted molar refractivity (Wildman–Crippen MR) is 61.4 cm³/mol. The van der Waals surface area contributed by atoms with Crippen LogP contribution in [0, 0.1) is 0 Å². The first kappa shape index (κ1) is 15.9. The first-order valence-corrected chi connectivity index (χ1v) is 5.84. The number of hydrogen-bond acceptors (Lipinski definition) is 5. The summed E-state index contributed by atoms with van der Waals surface area (Å²) in [5, 5.41) is 16.3. The number of rotatable bonds is 5. The van der Waals surface area contributed by atoms with Crippen molar-refractivity contribution in [2.24, 2.45) is 0 Å². The lowest BCUT2D eigenvalue weighted by molar-refractivity contribution is -0.148. The summed E-state index contributed by atoms with van der Waals surface area (Å²) < 4.78 is 42.3. The van der Waals surface area contributed by atoms with Gasteiger partial charge in [-0.1, -0.05) is 20.8 Å². The largest absolute Gasteiger partial charge is 0.423 e. The molecule has 8 heteroatoms. The summed E-state index contributed by atoms with van der Waals surface area (Å²) in [4.78, 5) is 1.01. The number of aromatic nitrogens is 2. The second kappa shape index (κ2) is 5.87. The second-order valence-corrected chi connectivity index (χ2v) is 5.30. The molecule has 0 amide bonds. The Balaban J connectivity index is 2.71. The number of aliphatic hydroxyl groups excluding tert-OH is 1. The first-order valence-electron chi connectivity index (χ1n) is 5.84. The smallest absolute Gasteiger partial charge is 0.401 e. The minimum atomic E-state index is -4.33. The molecule has 19 heavy (non-hydrogen) atoms. The predicted octanol–water partition coefficient (Wildman–Crippen LogP) is 1.72. The summed E-state index contributed by atoms with van der Waals surface area (Å²) in [5.74, 6) is 0.487. The van der Waals surface area contributed by atoms with Crippen molar-refractivity contribution >= 4 is 0 Å². The molecule has 0 spiro atoms. The van der Waals surface area contributed by atoms with Gasteiger partial charge in [0.15, 0.2) is 0 Å². The van der Waals surface area contributed by atoms with Gasteiger partial charge in [-0.25, -0.2) is 0 Å². The molecule has 0 aliphatic heterocycles. The fourth-order valence-corrected chi connectivity index (χ4v) is 1.42. The molecule has 0 fully saturated rings. The maximum Gasteiger partial charge on any atom is 0.401 e. The maximum absolute atomic E-state index is 12.3. The lowest BCUT2D eigenvalue weighted by Crippen LogP contribution is -2.35. The second-order valence-electron chi connectivity index (χ2n) is 5.30. The van der Waals surface area contributed by atoms with Crippen molar-refractivity contribution in [3.63, 3.8) is 0 Å². The molecule has 110 valence electrons. The lowest BCUT2D eigenvalue weighted by Gasteiger charge is -2.20. The molecular weight excluding hydrogens is 263 g/mol. The summed E-state index contributed by atoms with van der Waals surface area (Å²) in [6.07, 6.45) is -4.33. The SMILES string of the molecule is CC(C)(C)c1nnc(CN(CCO)CC(F)(F)F)o1. The normalized spacial score (nSPS) is 13.3. The molecule has 0 aromatic carbocycles. The quantitative estimate of drug-likeness (QED) is 0.890. The van der Waals surface area contributed by atoms with Crippen LogP contribution in [0.15, 0.2) is 4.42 Å². The average Bonchev–Trinajstić information content (AvgIpc) is 2.63. The zero-order valence-electron chi connectivity index (χ0n) is 11.2. The molecule has 1 heterocycles. The molecule has 0 bridgehead atoms. The van der Waals surface area contributed by atoms with Gasteiger partial charge in [-0.2, -0.15) is 13.2 Å². The Bertz CT molecular complexity index is 399. The highest BCUT2D eigenvalue weighted by Crippen LogP contribution is 2.22. The van der Waals surface area contributed by atoms with Crippen LogP contribution in [0.25, 0.3) is 0 Å². The van der Waals surface area contributed by atoms with Gasteiger partial charge < -0.3 is 9.52 Å². The van der Waals surface area contributed by atoms with Crippen LogP contribution >= 0.6 is 0 Å². The van der Waals surface area contributed by atoms with Crippen molar-refractivity contribution in [2.45, 2.75) is 38.9 Å². The molecule has 0 saturated carbocycles. The fourth-order valence-electron chi connectivity index (χ4n) is 1.42. The van der Waals surface area contributed by atoms with E-state index in [0.717, 1.165) is 4.90 Å². The van der Waals surface area contributed by atoms with E-state index < -0.39 is 12.7 Å². The molecule has 1 N–H and O–H groups in total. The minimum absolute atomic E-state index is 0.104. The Morgan fingerprint density at radius 2 is 1.84 bits per heavy atom. The Labute approximate surface area is 109 Å². The first-order chi connectivity index (χ1) is 8.62. The van der Waals surface area contributed by atoms with Crippen molar-refractivity contribution in [1.29, 1.82) is 0 Å². The van der Waals surface area contributed by atoms with E-state index >= 15 is 0 Å². The van der Waals surface area contributed by atoms with Gasteiger partial charge in [0.2, 0.25) is 11.8 Å². The molecule has 0 unspecified atom stereocenters. The molecule has 5 nitrogen and oxygen atoms in total. The summed E-state index contributed by atoms with van der Waals surface area (Å²) in [5.41, 5.74) is -0.350. The Morgan fingerprint density at radius 3 is 2.26 bits per heavy atom. The van der Waals surface area contributed by atoms with E-state index in [1.165, 1.54) is 0 Å². The van der Waals surface area contributed by atoms with E-state index in [9.17, 15) is 13.2 Å². The van der Waals surface area contributed by atoms with Crippen LogP contribution in [-0.2, 0) is 12.0 Å². The number of aliphatic hydroxyl groups is 1. The highest BCUT2D eigenvalue weighted by molar-refractivity contribution is 4.96. The van der Waals surface area contributed by atoms with E-state index in [1.54, 1.807) is 0 Å². The summed E-state index contributed by atoms with van der Waals surface area (Å²) in [7, 11) is 0. The van der Waals surface area contributed by atoms with Crippen LogP contribution in [-0.4, -0.2) is 46.1 Å². The van der Waals surface area contributed by atoms with Crippen molar-refractivity contribution in [2.75, 3.05) is 19.7 Å². The van der Waals surface area contributed by atoms with E-state index in [4.69, 9.17) is 9.52 Å². The standard InChI is InChI=1S/C11H18F3N3O2/c1-10(2,3)9-16-15-8(19-9)6-17(4-5-18)7-11(12,13)14/h18H,4-7H2,1-3H3. The van der Waals surface area contributed by atoms with Gasteiger partial charge in [0.05, 0.1) is 19.7 Å². The van der Waals surface area contributed by atoms with Crippen LogP contribution in [0.2, 0.25) is 0 Å². The molecule has 0 aliphatic rings. The van der Waals surface area contributed by atoms with Crippen molar-refractivity contribution in [1.82, 2.24) is 15.1 Å². The van der Waals surface area contributed by atoms with Crippen molar-refractivity contribution in [3.05, 3.63) is 11.8 Å². The summed E-state index contributed by atoms with van der Waals surface area (Å²) in [6.45, 7) is 3.87. The zero-order chi connectivity index (χ0) is 14.7. The molecule has 0 radical (unpaired) electrons. The van der Waals surface area contributed by atoms with E-state index in [2.05, 4.69) is 10.2 Å². The minimum Gasteiger partial charge on any atom is -0.423 e. The average molecular weight is 281 g/mol. The van der Waals surface area contributed by atoms with Gasteiger partial charge >= 0.3 is 6.18 Å². The van der Waals surface area contributed by atoms with Gasteiger partial charge in [-0.15, -0.1) is 10.2 Å². The summed E-state index contributed by atoms with van der Waals surface area (Å²) >= 11 is 0. The van der Waals surface area contributed by atoms with E-state index in [-0.39, 0.29) is 31.0 Å². The highest BCUT2D eigenvalue weighted by Gasteiger charge is 2.31. The maximum atomic E-state index is 12.3. The number of alkyl halides is 3. The van der Waals surface area contributed by atoms with E-state index in [0.29, 0.717) is 5.89 Å². The summed E-state index contributed by atoms with van der Waals surface area (Å²) in [6, 6.07) is 0. The molecule has 1 rings (SSSR count). The molecule has 0 saturated heterocycles. The van der Waals surface area contributed by atoms with Crippen LogP contribution in [0.1, 0.15) is 32.6 Å². The van der Waals surface area contributed by atoms with Crippen LogP contribution in [0.3, 0.4) is 0 Å². The fraction of sp³-hybridized carbons (Fsp3) is 0.818. The van der Waals surface area contributed by atoms with Crippen molar-refractivity contribution in [3.8, 4) is 0 Å². The third-order valence-corrected chi connectivity index (χ3v) is 2.29. The molecule has 1 aromatic rings. The Morgan fingerprint density at radius 1 is 1.21 bits per heavy atom. The monoisotopic (exact) mass is 281 g/mol. The Hall–Kier alpha value is -1.15. The van der Waals surface area contributed by atoms with Gasteiger partial charge in [-0.3, -0.25) is 4.90 Å². The Kier molecular flexibility index (Phi) is 4.92. The molecule has 1 aromatic heterocycles. The van der Waals surface area contributed by atoms with Crippen LogP contribution in [0.4, 0.5) is 13.2 Å². The topological polar surface area (TPSA) is 62.4 Å². The number of halogens is 3. The zero-order valence-corrected chi connectivity index (χ0v) is 11.2. The van der Waals surface area contributed by atoms with Crippen LogP contribution in [0.5, 0.6) is 0 Å². The lowest BCUT2D eigenvalue weighted by atomic mass is 9.97. The van der Waals surface area contributed by atoms with Gasteiger partial charge in [0, 0.05) is 12.0 Å². The number of nitrogens with zero attached hydrogens (tertiary/aromatic N) is 3.